The summed E-state index contributed by atoms with van der Waals surface area (Å²) in [6, 6.07) is 0.342. The molecular formula is C8H19N3O. The van der Waals surface area contributed by atoms with Gasteiger partial charge in [0, 0.05) is 32.6 Å². The Kier molecular flexibility index (Phi) is 5.66. The van der Waals surface area contributed by atoms with Crippen molar-refractivity contribution in [3.8, 4) is 0 Å². The third kappa shape index (κ3) is 4.31. The van der Waals surface area contributed by atoms with Gasteiger partial charge in [-0.2, -0.15) is 0 Å². The van der Waals surface area contributed by atoms with E-state index in [0.29, 0.717) is 19.0 Å². The third-order valence-electron chi connectivity index (χ3n) is 2.06. The molecule has 0 spiro atoms. The largest absolute Gasteiger partial charge is 0.359 e. The van der Waals surface area contributed by atoms with Crippen LogP contribution in [0.5, 0.6) is 0 Å². The van der Waals surface area contributed by atoms with Crippen LogP contribution in [0.15, 0.2) is 0 Å². The van der Waals surface area contributed by atoms with Crippen molar-refractivity contribution in [1.82, 2.24) is 10.2 Å². The molecule has 0 aromatic heterocycles. The Bertz CT molecular complexity index is 138. The number of likely N-dealkylation sites (N-methyl/N-ethyl adjacent to an activating group) is 1. The number of nitrogens with zero attached hydrogens (tertiary/aromatic N) is 1. The number of rotatable bonds is 5. The second-order valence-corrected chi connectivity index (χ2v) is 2.99. The van der Waals surface area contributed by atoms with Crippen LogP contribution >= 0.6 is 0 Å². The van der Waals surface area contributed by atoms with Gasteiger partial charge in [-0.15, -0.1) is 0 Å². The summed E-state index contributed by atoms with van der Waals surface area (Å²) in [5, 5.41) is 2.58. The van der Waals surface area contributed by atoms with Crippen LogP contribution in [0.2, 0.25) is 0 Å². The van der Waals surface area contributed by atoms with Crippen molar-refractivity contribution in [2.24, 2.45) is 5.73 Å². The molecule has 4 nitrogen and oxygen atoms in total. The molecule has 1 atom stereocenters. The van der Waals surface area contributed by atoms with Gasteiger partial charge in [-0.1, -0.05) is 0 Å². The summed E-state index contributed by atoms with van der Waals surface area (Å²) in [6.07, 6.45) is 0.539. The Morgan fingerprint density at radius 3 is 2.67 bits per heavy atom. The molecule has 12 heavy (non-hydrogen) atoms. The second-order valence-electron chi connectivity index (χ2n) is 2.99. The summed E-state index contributed by atoms with van der Waals surface area (Å²) in [5.74, 6) is 0.0751. The molecule has 72 valence electrons. The highest BCUT2D eigenvalue weighted by Crippen LogP contribution is 1.94. The van der Waals surface area contributed by atoms with E-state index in [1.807, 2.05) is 14.0 Å². The van der Waals surface area contributed by atoms with Crippen molar-refractivity contribution in [2.45, 2.75) is 19.4 Å². The highest BCUT2D eigenvalue weighted by Gasteiger charge is 2.07. The van der Waals surface area contributed by atoms with Gasteiger partial charge in [0.05, 0.1) is 0 Å². The van der Waals surface area contributed by atoms with E-state index in [1.54, 1.807) is 7.05 Å². The highest BCUT2D eigenvalue weighted by atomic mass is 16.1. The quantitative estimate of drug-likeness (QED) is 0.584. The lowest BCUT2D eigenvalue weighted by molar-refractivity contribution is -0.120. The van der Waals surface area contributed by atoms with Crippen LogP contribution in [0.1, 0.15) is 13.3 Å². The molecule has 0 aliphatic carbocycles. The molecule has 4 heteroatoms. The number of amides is 1. The number of nitrogens with one attached hydrogen (secondary N) is 1. The van der Waals surface area contributed by atoms with E-state index < -0.39 is 0 Å². The van der Waals surface area contributed by atoms with Crippen LogP contribution in [0, 0.1) is 0 Å². The smallest absolute Gasteiger partial charge is 0.221 e. The zero-order valence-electron chi connectivity index (χ0n) is 8.13. The van der Waals surface area contributed by atoms with Crippen molar-refractivity contribution in [1.29, 1.82) is 0 Å². The first-order valence-corrected chi connectivity index (χ1v) is 4.22. The molecule has 0 saturated heterocycles. The Morgan fingerprint density at radius 2 is 2.25 bits per heavy atom. The Labute approximate surface area is 74.1 Å². The Hall–Kier alpha value is -0.610. The molecule has 1 unspecified atom stereocenters. The zero-order chi connectivity index (χ0) is 9.56. The van der Waals surface area contributed by atoms with E-state index in [1.165, 1.54) is 0 Å². The standard InChI is InChI=1S/C8H19N3O/c1-7(6-9)11(3)5-4-8(12)10-2/h7H,4-6,9H2,1-3H3,(H,10,12). The SMILES string of the molecule is CNC(=O)CCN(C)C(C)CN. The van der Waals surface area contributed by atoms with E-state index in [4.69, 9.17) is 5.73 Å². The fraction of sp³-hybridized carbons (Fsp3) is 0.875. The van der Waals surface area contributed by atoms with Crippen LogP contribution in [0.25, 0.3) is 0 Å². The van der Waals surface area contributed by atoms with Gasteiger partial charge in [0.15, 0.2) is 0 Å². The Morgan fingerprint density at radius 1 is 1.67 bits per heavy atom. The first-order chi connectivity index (χ1) is 5.61. The summed E-state index contributed by atoms with van der Waals surface area (Å²) < 4.78 is 0. The van der Waals surface area contributed by atoms with Crippen LogP contribution in [0.3, 0.4) is 0 Å². The number of nitrogens with two attached hydrogens (primary N) is 1. The van der Waals surface area contributed by atoms with Gasteiger partial charge in [-0.25, -0.2) is 0 Å². The van der Waals surface area contributed by atoms with Crippen molar-refractivity contribution in [3.63, 3.8) is 0 Å². The lowest BCUT2D eigenvalue weighted by Gasteiger charge is -2.22. The molecule has 0 rings (SSSR count). The zero-order valence-corrected chi connectivity index (χ0v) is 8.13. The Balaban J connectivity index is 3.56. The van der Waals surface area contributed by atoms with Crippen LogP contribution in [-0.4, -0.2) is 44.0 Å². The first-order valence-electron chi connectivity index (χ1n) is 4.22. The van der Waals surface area contributed by atoms with Crippen LogP contribution < -0.4 is 11.1 Å². The average Bonchev–Trinajstić information content (AvgIpc) is 2.11. The molecule has 0 bridgehead atoms. The topological polar surface area (TPSA) is 58.4 Å². The fourth-order valence-corrected chi connectivity index (χ4v) is 0.803. The molecule has 0 aliphatic rings. The minimum absolute atomic E-state index is 0.0751. The molecular weight excluding hydrogens is 154 g/mol. The maximum absolute atomic E-state index is 10.9. The highest BCUT2D eigenvalue weighted by molar-refractivity contribution is 5.75. The van der Waals surface area contributed by atoms with Gasteiger partial charge in [0.1, 0.15) is 0 Å². The molecule has 1 amide bonds. The number of carbonyl (C=O) groups is 1. The van der Waals surface area contributed by atoms with Crippen molar-refractivity contribution < 1.29 is 4.79 Å². The fourth-order valence-electron chi connectivity index (χ4n) is 0.803. The second kappa shape index (κ2) is 5.97. The monoisotopic (exact) mass is 173 g/mol. The summed E-state index contributed by atoms with van der Waals surface area (Å²) in [7, 11) is 3.62. The lowest BCUT2D eigenvalue weighted by atomic mass is 10.3. The minimum atomic E-state index is 0.0751. The van der Waals surface area contributed by atoms with Crippen molar-refractivity contribution in [3.05, 3.63) is 0 Å². The molecule has 0 radical (unpaired) electrons. The predicted molar refractivity (Wildman–Crippen MR) is 49.8 cm³/mol. The minimum Gasteiger partial charge on any atom is -0.359 e. The third-order valence-corrected chi connectivity index (χ3v) is 2.06. The molecule has 0 saturated carbocycles. The number of hydrogen-bond acceptors (Lipinski definition) is 3. The van der Waals surface area contributed by atoms with E-state index in [0.717, 1.165) is 6.54 Å². The molecule has 0 aromatic carbocycles. The van der Waals surface area contributed by atoms with Gasteiger partial charge in [0.2, 0.25) is 5.91 Å². The molecule has 0 aromatic rings. The van der Waals surface area contributed by atoms with Crippen molar-refractivity contribution >= 4 is 5.91 Å². The number of carbonyl (C=O) groups excluding carboxylic acids is 1. The van der Waals surface area contributed by atoms with E-state index in [9.17, 15) is 4.79 Å². The van der Waals surface area contributed by atoms with Gasteiger partial charge in [0.25, 0.3) is 0 Å². The molecule has 3 N–H and O–H groups in total. The average molecular weight is 173 g/mol. The van der Waals surface area contributed by atoms with Crippen LogP contribution in [0.4, 0.5) is 0 Å². The van der Waals surface area contributed by atoms with Gasteiger partial charge in [-0.05, 0) is 14.0 Å². The van der Waals surface area contributed by atoms with Crippen molar-refractivity contribution in [2.75, 3.05) is 27.2 Å². The van der Waals surface area contributed by atoms with Gasteiger partial charge in [-0.3, -0.25) is 4.79 Å². The molecule has 0 aliphatic heterocycles. The first kappa shape index (κ1) is 11.4. The van der Waals surface area contributed by atoms with E-state index >= 15 is 0 Å². The molecule has 0 heterocycles. The maximum Gasteiger partial charge on any atom is 0.221 e. The van der Waals surface area contributed by atoms with E-state index in [2.05, 4.69) is 10.2 Å². The maximum atomic E-state index is 10.9. The predicted octanol–water partition coefficient (Wildman–Crippen LogP) is -0.598. The van der Waals surface area contributed by atoms with Gasteiger partial charge >= 0.3 is 0 Å². The van der Waals surface area contributed by atoms with E-state index in [-0.39, 0.29) is 5.91 Å². The van der Waals surface area contributed by atoms with Gasteiger partial charge < -0.3 is 16.0 Å². The lowest BCUT2D eigenvalue weighted by Crippen LogP contribution is -2.37. The molecule has 0 fully saturated rings. The summed E-state index contributed by atoms with van der Waals surface area (Å²) in [6.45, 7) is 3.44. The normalized spacial score (nSPS) is 13.1. The summed E-state index contributed by atoms with van der Waals surface area (Å²) >= 11 is 0. The summed E-state index contributed by atoms with van der Waals surface area (Å²) in [4.78, 5) is 12.9. The van der Waals surface area contributed by atoms with Crippen LogP contribution in [-0.2, 0) is 4.79 Å². The summed E-state index contributed by atoms with van der Waals surface area (Å²) in [5.41, 5.74) is 5.47. The number of hydrogen-bond donors (Lipinski definition) is 2.